The van der Waals surface area contributed by atoms with Crippen LogP contribution in [0.2, 0.25) is 0 Å². The molecule has 0 saturated carbocycles. The van der Waals surface area contributed by atoms with Crippen LogP contribution in [0.25, 0.3) is 0 Å². The molecule has 0 unspecified atom stereocenters. The molecule has 4 atom stereocenters. The molecule has 2 amide bonds. The highest BCUT2D eigenvalue weighted by Gasteiger charge is 2.31. The van der Waals surface area contributed by atoms with Gasteiger partial charge in [-0.15, -0.1) is 0 Å². The second kappa shape index (κ2) is 15.4. The minimum atomic E-state index is -4.57. The van der Waals surface area contributed by atoms with Crippen LogP contribution in [-0.2, 0) is 20.7 Å². The molecule has 0 aliphatic carbocycles. The number of alkyl halides is 3. The molecule has 0 radical (unpaired) electrons. The SMILES string of the molecule is N[C@H](C(=O)Nc1cccc(F)c1CC[C@@H]1CN[C@H](COC(=O)NCC(F)(F)F)CO1)[C@H](c1ccc(F)cc1)c1ccc(F)c(F)c1. The standard InChI is InChI=1S/C31H31F7N4O4/c32-19-7-4-17(5-8-19)27(18-6-11-24(34)25(35)12-18)28(39)29(43)42-26-3-1-2-23(33)22(26)10-9-21-13-40-20(14-45-21)15-46-30(44)41-16-31(36,37)38/h1-8,11-12,20-21,27-28,40H,9-10,13-16,39H2,(H,41,44)(H,42,43)/t20-,21+,27+,28-/m0/s1. The van der Waals surface area contributed by atoms with Crippen molar-refractivity contribution in [3.8, 4) is 0 Å². The van der Waals surface area contributed by atoms with Crippen molar-refractivity contribution in [2.75, 3.05) is 31.6 Å². The fraction of sp³-hybridized carbons (Fsp3) is 0.355. The fourth-order valence-corrected chi connectivity index (χ4v) is 4.95. The van der Waals surface area contributed by atoms with Crippen LogP contribution >= 0.6 is 0 Å². The van der Waals surface area contributed by atoms with Crippen LogP contribution in [0.4, 0.5) is 41.2 Å². The Hall–Kier alpha value is -4.21. The van der Waals surface area contributed by atoms with E-state index in [0.717, 1.165) is 24.3 Å². The van der Waals surface area contributed by atoms with E-state index in [2.05, 4.69) is 10.6 Å². The molecule has 3 aromatic carbocycles. The molecule has 0 spiro atoms. The van der Waals surface area contributed by atoms with Crippen molar-refractivity contribution >= 4 is 17.7 Å². The highest BCUT2D eigenvalue weighted by atomic mass is 19.4. The Kier molecular flexibility index (Phi) is 11.6. The van der Waals surface area contributed by atoms with Gasteiger partial charge in [-0.1, -0.05) is 24.3 Å². The second-order valence-electron chi connectivity index (χ2n) is 10.7. The Labute approximate surface area is 259 Å². The number of nitrogens with two attached hydrogens (primary N) is 1. The van der Waals surface area contributed by atoms with Crippen LogP contribution in [-0.4, -0.2) is 62.7 Å². The Bertz CT molecular complexity index is 1500. The van der Waals surface area contributed by atoms with Gasteiger partial charge in [0.15, 0.2) is 11.6 Å². The van der Waals surface area contributed by atoms with Crippen LogP contribution < -0.4 is 21.7 Å². The lowest BCUT2D eigenvalue weighted by atomic mass is 9.84. The summed E-state index contributed by atoms with van der Waals surface area (Å²) < 4.78 is 104. The first-order chi connectivity index (χ1) is 21.8. The lowest BCUT2D eigenvalue weighted by Gasteiger charge is -2.30. The van der Waals surface area contributed by atoms with Gasteiger partial charge in [0.05, 0.1) is 24.8 Å². The average Bonchev–Trinajstić information content (AvgIpc) is 3.01. The molecule has 1 aliphatic heterocycles. The molecule has 1 fully saturated rings. The van der Waals surface area contributed by atoms with Gasteiger partial charge in [0, 0.05) is 23.7 Å². The second-order valence-corrected chi connectivity index (χ2v) is 10.7. The molecule has 0 aromatic heterocycles. The van der Waals surface area contributed by atoms with E-state index in [1.165, 1.54) is 36.4 Å². The van der Waals surface area contributed by atoms with Crippen molar-refractivity contribution in [2.45, 2.75) is 43.1 Å². The number of carbonyl (C=O) groups excluding carboxylic acids is 2. The summed E-state index contributed by atoms with van der Waals surface area (Å²) in [5, 5.41) is 7.28. The quantitative estimate of drug-likeness (QED) is 0.218. The van der Waals surface area contributed by atoms with Gasteiger partial charge in [-0.05, 0) is 60.4 Å². The Morgan fingerprint density at radius 1 is 0.978 bits per heavy atom. The Balaban J connectivity index is 1.37. The fourth-order valence-electron chi connectivity index (χ4n) is 4.95. The van der Waals surface area contributed by atoms with Gasteiger partial charge in [0.25, 0.3) is 0 Å². The summed E-state index contributed by atoms with van der Waals surface area (Å²) in [4.78, 5) is 24.8. The molecule has 0 bridgehead atoms. The summed E-state index contributed by atoms with van der Waals surface area (Å²) in [7, 11) is 0. The number of nitrogens with one attached hydrogen (secondary N) is 3. The molecule has 46 heavy (non-hydrogen) atoms. The molecule has 3 aromatic rings. The summed E-state index contributed by atoms with van der Waals surface area (Å²) in [5.41, 5.74) is 7.16. The maximum absolute atomic E-state index is 15.0. The van der Waals surface area contributed by atoms with E-state index < -0.39 is 72.1 Å². The molecular weight excluding hydrogens is 625 g/mol. The zero-order valence-electron chi connectivity index (χ0n) is 24.2. The van der Waals surface area contributed by atoms with E-state index >= 15 is 0 Å². The first-order valence-electron chi connectivity index (χ1n) is 14.2. The number of rotatable bonds is 11. The number of anilines is 1. The van der Waals surface area contributed by atoms with Gasteiger partial charge in [0.1, 0.15) is 24.8 Å². The monoisotopic (exact) mass is 656 g/mol. The number of alkyl carbamates (subject to hydrolysis) is 1. The molecule has 15 heteroatoms. The van der Waals surface area contributed by atoms with Crippen molar-refractivity contribution in [3.63, 3.8) is 0 Å². The van der Waals surface area contributed by atoms with Gasteiger partial charge in [0.2, 0.25) is 5.91 Å². The maximum Gasteiger partial charge on any atom is 0.407 e. The van der Waals surface area contributed by atoms with Gasteiger partial charge >= 0.3 is 12.3 Å². The van der Waals surface area contributed by atoms with E-state index in [1.54, 1.807) is 5.32 Å². The normalized spacial score (nSPS) is 18.0. The van der Waals surface area contributed by atoms with E-state index in [0.29, 0.717) is 12.0 Å². The van der Waals surface area contributed by atoms with Gasteiger partial charge in [-0.3, -0.25) is 4.79 Å². The van der Waals surface area contributed by atoms with Crippen molar-refractivity contribution in [3.05, 3.63) is 101 Å². The lowest BCUT2D eigenvalue weighted by Crippen LogP contribution is -2.49. The van der Waals surface area contributed by atoms with Crippen molar-refractivity contribution in [1.29, 1.82) is 0 Å². The topological polar surface area (TPSA) is 115 Å². The third-order valence-electron chi connectivity index (χ3n) is 7.30. The number of carbonyl (C=O) groups is 2. The number of ether oxygens (including phenoxy) is 2. The third kappa shape index (κ3) is 9.64. The molecule has 4 rings (SSSR count). The van der Waals surface area contributed by atoms with E-state index in [4.69, 9.17) is 15.2 Å². The minimum absolute atomic E-state index is 0.0711. The average molecular weight is 657 g/mol. The molecule has 1 heterocycles. The molecule has 248 valence electrons. The van der Waals surface area contributed by atoms with Gasteiger partial charge in [-0.2, -0.15) is 13.2 Å². The Morgan fingerprint density at radius 3 is 2.35 bits per heavy atom. The zero-order chi connectivity index (χ0) is 33.4. The number of benzene rings is 3. The number of halogens is 7. The zero-order valence-corrected chi connectivity index (χ0v) is 24.2. The van der Waals surface area contributed by atoms with Crippen molar-refractivity contribution < 1.29 is 49.8 Å². The minimum Gasteiger partial charge on any atom is -0.448 e. The van der Waals surface area contributed by atoms with Gasteiger partial charge in [-0.25, -0.2) is 22.4 Å². The maximum atomic E-state index is 15.0. The largest absolute Gasteiger partial charge is 0.448 e. The summed E-state index contributed by atoms with van der Waals surface area (Å²) in [5.74, 6) is -5.19. The van der Waals surface area contributed by atoms with Crippen LogP contribution in [0, 0.1) is 23.3 Å². The smallest absolute Gasteiger partial charge is 0.407 e. The first kappa shape index (κ1) is 34.7. The molecule has 1 aliphatic rings. The summed E-state index contributed by atoms with van der Waals surface area (Å²) in [6, 6.07) is 10.3. The highest BCUT2D eigenvalue weighted by molar-refractivity contribution is 5.96. The summed E-state index contributed by atoms with van der Waals surface area (Å²) >= 11 is 0. The summed E-state index contributed by atoms with van der Waals surface area (Å²) in [6.45, 7) is -1.41. The molecular formula is C31H31F7N4O4. The molecule has 1 saturated heterocycles. The first-order valence-corrected chi connectivity index (χ1v) is 14.2. The number of amides is 2. The van der Waals surface area contributed by atoms with Crippen LogP contribution in [0.5, 0.6) is 0 Å². The highest BCUT2D eigenvalue weighted by Crippen LogP contribution is 2.30. The predicted octanol–water partition coefficient (Wildman–Crippen LogP) is 4.92. The van der Waals surface area contributed by atoms with Crippen LogP contribution in [0.1, 0.15) is 29.0 Å². The van der Waals surface area contributed by atoms with Crippen LogP contribution in [0.3, 0.4) is 0 Å². The number of hydrogen-bond acceptors (Lipinski definition) is 6. The molecule has 8 nitrogen and oxygen atoms in total. The van der Waals surface area contributed by atoms with E-state index in [1.807, 2.05) is 0 Å². The summed E-state index contributed by atoms with van der Waals surface area (Å²) in [6.07, 6.45) is -5.77. The number of morpholine rings is 1. The van der Waals surface area contributed by atoms with E-state index in [9.17, 15) is 40.3 Å². The third-order valence-corrected chi connectivity index (χ3v) is 7.30. The van der Waals surface area contributed by atoms with Crippen LogP contribution in [0.15, 0.2) is 60.7 Å². The lowest BCUT2D eigenvalue weighted by molar-refractivity contribution is -0.124. The Morgan fingerprint density at radius 2 is 1.70 bits per heavy atom. The van der Waals surface area contributed by atoms with Crippen molar-refractivity contribution in [2.24, 2.45) is 5.73 Å². The van der Waals surface area contributed by atoms with E-state index in [-0.39, 0.29) is 43.0 Å². The van der Waals surface area contributed by atoms with Crippen molar-refractivity contribution in [1.82, 2.24) is 10.6 Å². The molecule has 5 N–H and O–H groups in total. The van der Waals surface area contributed by atoms with Gasteiger partial charge < -0.3 is 31.2 Å². The number of hydrogen-bond donors (Lipinski definition) is 4. The predicted molar refractivity (Wildman–Crippen MR) is 153 cm³/mol.